The number of carbonyl (C=O) groups is 1. The van der Waals surface area contributed by atoms with Gasteiger partial charge in [0.2, 0.25) is 5.89 Å². The van der Waals surface area contributed by atoms with Crippen LogP contribution in [0.5, 0.6) is 0 Å². The van der Waals surface area contributed by atoms with Crippen LogP contribution in [-0.4, -0.2) is 57.5 Å². The van der Waals surface area contributed by atoms with E-state index in [1.54, 1.807) is 18.0 Å². The van der Waals surface area contributed by atoms with Crippen molar-refractivity contribution in [2.45, 2.75) is 31.7 Å². The van der Waals surface area contributed by atoms with E-state index in [1.807, 2.05) is 12.1 Å². The van der Waals surface area contributed by atoms with Crippen LogP contribution in [0.4, 0.5) is 0 Å². The molecule has 24 heavy (non-hydrogen) atoms. The van der Waals surface area contributed by atoms with Crippen molar-refractivity contribution in [3.63, 3.8) is 0 Å². The lowest BCUT2D eigenvalue weighted by Crippen LogP contribution is -2.48. The van der Waals surface area contributed by atoms with Gasteiger partial charge in [-0.15, -0.1) is 0 Å². The molecule has 4 rings (SSSR count). The van der Waals surface area contributed by atoms with Gasteiger partial charge in [-0.2, -0.15) is 4.98 Å². The highest BCUT2D eigenvalue weighted by Gasteiger charge is 2.36. The third-order valence-electron chi connectivity index (χ3n) is 4.97. The van der Waals surface area contributed by atoms with E-state index in [9.17, 15) is 4.79 Å². The zero-order valence-electron chi connectivity index (χ0n) is 14.0. The molecule has 0 bridgehead atoms. The van der Waals surface area contributed by atoms with Gasteiger partial charge >= 0.3 is 0 Å². The van der Waals surface area contributed by atoms with Crippen molar-refractivity contribution in [3.8, 4) is 0 Å². The van der Waals surface area contributed by atoms with Crippen molar-refractivity contribution in [1.29, 1.82) is 0 Å². The molecule has 1 unspecified atom stereocenters. The van der Waals surface area contributed by atoms with Gasteiger partial charge < -0.3 is 9.42 Å². The minimum Gasteiger partial charge on any atom is -0.339 e. The van der Waals surface area contributed by atoms with Gasteiger partial charge in [-0.1, -0.05) is 5.16 Å². The number of nitrogens with zero attached hydrogens (tertiary/aromatic N) is 5. The maximum atomic E-state index is 12.6. The predicted molar refractivity (Wildman–Crippen MR) is 86.5 cm³/mol. The van der Waals surface area contributed by atoms with E-state index in [2.05, 4.69) is 27.1 Å². The van der Waals surface area contributed by atoms with Crippen molar-refractivity contribution in [2.75, 3.05) is 26.7 Å². The molecule has 4 heterocycles. The lowest BCUT2D eigenvalue weighted by molar-refractivity contribution is 0.0563. The van der Waals surface area contributed by atoms with E-state index >= 15 is 0 Å². The van der Waals surface area contributed by atoms with E-state index in [0.717, 1.165) is 13.0 Å². The van der Waals surface area contributed by atoms with E-state index in [0.29, 0.717) is 36.5 Å². The van der Waals surface area contributed by atoms with Crippen molar-refractivity contribution in [1.82, 2.24) is 24.9 Å². The summed E-state index contributed by atoms with van der Waals surface area (Å²) in [7, 11) is 2.13. The van der Waals surface area contributed by atoms with Gasteiger partial charge in [0.25, 0.3) is 5.91 Å². The Morgan fingerprint density at radius 3 is 2.88 bits per heavy atom. The van der Waals surface area contributed by atoms with Gasteiger partial charge in [-0.25, -0.2) is 0 Å². The van der Waals surface area contributed by atoms with Crippen LogP contribution in [0.25, 0.3) is 0 Å². The summed E-state index contributed by atoms with van der Waals surface area (Å²) in [5, 5.41) is 3.80. The topological polar surface area (TPSA) is 75.4 Å². The Bertz CT molecular complexity index is 753. The Hall–Kier alpha value is -2.28. The molecule has 1 atom stereocenters. The first-order valence-corrected chi connectivity index (χ1v) is 8.37. The summed E-state index contributed by atoms with van der Waals surface area (Å²) >= 11 is 0. The van der Waals surface area contributed by atoms with Gasteiger partial charge in [-0.05, 0) is 51.1 Å². The normalized spacial score (nSPS) is 21.9. The van der Waals surface area contributed by atoms with Crippen LogP contribution >= 0.6 is 0 Å². The monoisotopic (exact) mass is 327 g/mol. The van der Waals surface area contributed by atoms with Crippen LogP contribution in [0.15, 0.2) is 22.9 Å². The zero-order chi connectivity index (χ0) is 16.7. The standard InChI is InChI=1S/C17H21N5O2/c1-11-19-16(24-20-11)13-9-22(10-13)17(23)14-8-12(5-6-18-14)15-4-3-7-21(15)2/h5-6,8,13,15H,3-4,7,9-10H2,1-2H3. The number of carbonyl (C=O) groups excluding carboxylic acids is 1. The molecule has 0 saturated carbocycles. The molecular weight excluding hydrogens is 306 g/mol. The van der Waals surface area contributed by atoms with Crippen LogP contribution < -0.4 is 0 Å². The lowest BCUT2D eigenvalue weighted by Gasteiger charge is -2.36. The Labute approximate surface area is 140 Å². The number of pyridine rings is 1. The van der Waals surface area contributed by atoms with E-state index in [4.69, 9.17) is 4.52 Å². The number of rotatable bonds is 3. The number of hydrogen-bond acceptors (Lipinski definition) is 6. The molecule has 0 N–H and O–H groups in total. The third kappa shape index (κ3) is 2.69. The SMILES string of the molecule is Cc1noc(C2CN(C(=O)c3cc(C4CCCN4C)ccn3)C2)n1. The van der Waals surface area contributed by atoms with E-state index < -0.39 is 0 Å². The Morgan fingerprint density at radius 2 is 2.21 bits per heavy atom. The van der Waals surface area contributed by atoms with Crippen molar-refractivity contribution >= 4 is 5.91 Å². The summed E-state index contributed by atoms with van der Waals surface area (Å²) in [4.78, 5) is 25.3. The first-order valence-electron chi connectivity index (χ1n) is 8.37. The van der Waals surface area contributed by atoms with Crippen LogP contribution in [0.1, 0.15) is 52.6 Å². The Morgan fingerprint density at radius 1 is 1.38 bits per heavy atom. The largest absolute Gasteiger partial charge is 0.339 e. The maximum absolute atomic E-state index is 12.6. The fourth-order valence-electron chi connectivity index (χ4n) is 3.54. The van der Waals surface area contributed by atoms with Gasteiger partial charge in [0.1, 0.15) is 5.69 Å². The molecule has 0 aromatic carbocycles. The molecule has 7 heteroatoms. The smallest absolute Gasteiger partial charge is 0.272 e. The quantitative estimate of drug-likeness (QED) is 0.855. The van der Waals surface area contributed by atoms with Crippen LogP contribution in [0, 0.1) is 6.92 Å². The van der Waals surface area contributed by atoms with Crippen molar-refractivity contribution in [2.24, 2.45) is 0 Å². The van der Waals surface area contributed by atoms with Crippen LogP contribution in [-0.2, 0) is 0 Å². The second kappa shape index (κ2) is 5.98. The summed E-state index contributed by atoms with van der Waals surface area (Å²) in [6.45, 7) is 4.11. The first-order chi connectivity index (χ1) is 11.6. The zero-order valence-corrected chi connectivity index (χ0v) is 14.0. The number of amides is 1. The highest BCUT2D eigenvalue weighted by molar-refractivity contribution is 5.93. The molecule has 2 fully saturated rings. The number of aryl methyl sites for hydroxylation is 1. The molecule has 0 aliphatic carbocycles. The van der Waals surface area contributed by atoms with Crippen molar-refractivity contribution < 1.29 is 9.32 Å². The second-order valence-electron chi connectivity index (χ2n) is 6.70. The van der Waals surface area contributed by atoms with Gasteiger partial charge in [0.15, 0.2) is 5.82 Å². The maximum Gasteiger partial charge on any atom is 0.272 e. The first kappa shape index (κ1) is 15.3. The van der Waals surface area contributed by atoms with Crippen LogP contribution in [0.3, 0.4) is 0 Å². The minimum absolute atomic E-state index is 0.0232. The minimum atomic E-state index is -0.0232. The summed E-state index contributed by atoms with van der Waals surface area (Å²) in [5.74, 6) is 1.36. The average molecular weight is 327 g/mol. The highest BCUT2D eigenvalue weighted by atomic mass is 16.5. The third-order valence-corrected chi connectivity index (χ3v) is 4.97. The molecule has 0 radical (unpaired) electrons. The summed E-state index contributed by atoms with van der Waals surface area (Å²) in [5.41, 5.74) is 1.70. The van der Waals surface area contributed by atoms with E-state index in [-0.39, 0.29) is 11.8 Å². The second-order valence-corrected chi connectivity index (χ2v) is 6.70. The number of hydrogen-bond donors (Lipinski definition) is 0. The molecule has 2 aromatic rings. The fraction of sp³-hybridized carbons (Fsp3) is 0.529. The highest BCUT2D eigenvalue weighted by Crippen LogP contribution is 2.31. The summed E-state index contributed by atoms with van der Waals surface area (Å²) in [6, 6.07) is 4.35. The molecule has 2 saturated heterocycles. The summed E-state index contributed by atoms with van der Waals surface area (Å²) < 4.78 is 5.18. The molecular formula is C17H21N5O2. The molecule has 1 amide bonds. The molecule has 2 aliphatic rings. The van der Waals surface area contributed by atoms with Gasteiger partial charge in [-0.3, -0.25) is 14.7 Å². The van der Waals surface area contributed by atoms with Gasteiger partial charge in [0.05, 0.1) is 5.92 Å². The predicted octanol–water partition coefficient (Wildman–Crippen LogP) is 1.78. The Kier molecular flexibility index (Phi) is 3.80. The number of likely N-dealkylation sites (tertiary alicyclic amines) is 2. The Balaban J connectivity index is 1.44. The van der Waals surface area contributed by atoms with E-state index in [1.165, 1.54) is 12.0 Å². The van der Waals surface area contributed by atoms with Crippen LogP contribution in [0.2, 0.25) is 0 Å². The fourth-order valence-corrected chi connectivity index (χ4v) is 3.54. The molecule has 126 valence electrons. The molecule has 0 spiro atoms. The molecule has 7 nitrogen and oxygen atoms in total. The summed E-state index contributed by atoms with van der Waals surface area (Å²) in [6.07, 6.45) is 4.08. The molecule has 2 aromatic heterocycles. The number of aromatic nitrogens is 3. The van der Waals surface area contributed by atoms with Crippen molar-refractivity contribution in [3.05, 3.63) is 41.3 Å². The van der Waals surface area contributed by atoms with Gasteiger partial charge in [0, 0.05) is 25.3 Å². The lowest BCUT2D eigenvalue weighted by atomic mass is 9.99. The average Bonchev–Trinajstić information content (AvgIpc) is 3.14. The molecule has 2 aliphatic heterocycles.